The first-order valence-electron chi connectivity index (χ1n) is 10.8. The van der Waals surface area contributed by atoms with Crippen molar-refractivity contribution in [2.24, 2.45) is 7.05 Å². The van der Waals surface area contributed by atoms with E-state index >= 15 is 0 Å². The maximum atomic E-state index is 12.9. The topological polar surface area (TPSA) is 73.7 Å². The van der Waals surface area contributed by atoms with Crippen molar-refractivity contribution in [3.05, 3.63) is 71.0 Å². The molecule has 0 spiro atoms. The second kappa shape index (κ2) is 9.52. The number of carbonyl (C=O) groups is 1. The number of thiophene rings is 1. The van der Waals surface area contributed by atoms with E-state index in [1.807, 2.05) is 60.7 Å². The van der Waals surface area contributed by atoms with Gasteiger partial charge in [0.1, 0.15) is 11.4 Å². The van der Waals surface area contributed by atoms with Gasteiger partial charge in [0.05, 0.1) is 17.7 Å². The minimum Gasteiger partial charge on any atom is -0.486 e. The second-order valence-corrected chi connectivity index (χ2v) is 9.99. The Morgan fingerprint density at radius 2 is 1.91 bits per heavy atom. The van der Waals surface area contributed by atoms with E-state index < -0.39 is 0 Å². The average molecular weight is 494 g/mol. The molecule has 0 radical (unpaired) electrons. The summed E-state index contributed by atoms with van der Waals surface area (Å²) in [7, 11) is 3.43. The van der Waals surface area contributed by atoms with Gasteiger partial charge >= 0.3 is 0 Å². The first kappa shape index (κ1) is 22.5. The summed E-state index contributed by atoms with van der Waals surface area (Å²) in [6.07, 6.45) is -0.241. The molecular formula is C25H23N3O4S2. The van der Waals surface area contributed by atoms with Gasteiger partial charge in [0.2, 0.25) is 5.91 Å². The van der Waals surface area contributed by atoms with Gasteiger partial charge in [-0.3, -0.25) is 14.2 Å². The van der Waals surface area contributed by atoms with Gasteiger partial charge in [0.15, 0.2) is 22.8 Å². The highest BCUT2D eigenvalue weighted by Gasteiger charge is 2.24. The number of benzene rings is 2. The monoisotopic (exact) mass is 493 g/mol. The molecular weight excluding hydrogens is 470 g/mol. The summed E-state index contributed by atoms with van der Waals surface area (Å²) in [5.41, 5.74) is 0.938. The van der Waals surface area contributed by atoms with Crippen molar-refractivity contribution in [1.82, 2.24) is 14.5 Å². The number of hydrogen-bond donors (Lipinski definition) is 0. The Labute approximate surface area is 204 Å². The summed E-state index contributed by atoms with van der Waals surface area (Å²) < 4.78 is 13.2. The van der Waals surface area contributed by atoms with Crippen LogP contribution < -0.4 is 15.0 Å². The van der Waals surface area contributed by atoms with Crippen LogP contribution in [0.1, 0.15) is 0 Å². The molecule has 2 aromatic carbocycles. The van der Waals surface area contributed by atoms with Crippen LogP contribution in [0.3, 0.4) is 0 Å². The molecule has 0 fully saturated rings. The first-order valence-corrected chi connectivity index (χ1v) is 12.6. The van der Waals surface area contributed by atoms with Crippen molar-refractivity contribution in [2.75, 3.05) is 26.0 Å². The van der Waals surface area contributed by atoms with E-state index in [0.717, 1.165) is 16.2 Å². The lowest BCUT2D eigenvalue weighted by atomic mass is 10.2. The fraction of sp³-hybridized carbons (Fsp3) is 0.240. The van der Waals surface area contributed by atoms with Crippen LogP contribution in [0.2, 0.25) is 0 Å². The van der Waals surface area contributed by atoms with Gasteiger partial charge in [-0.05, 0) is 23.8 Å². The lowest BCUT2D eigenvalue weighted by Crippen LogP contribution is -2.42. The number of carbonyl (C=O) groups excluding carboxylic acids is 1. The Bertz CT molecular complexity index is 1400. The van der Waals surface area contributed by atoms with Crippen molar-refractivity contribution in [1.29, 1.82) is 0 Å². The van der Waals surface area contributed by atoms with E-state index in [-0.39, 0.29) is 23.3 Å². The molecule has 1 aliphatic heterocycles. The number of likely N-dealkylation sites (N-methyl/N-ethyl adjacent to an activating group) is 1. The number of rotatable bonds is 6. The average Bonchev–Trinajstić information content (AvgIpc) is 3.30. The predicted octanol–water partition coefficient (Wildman–Crippen LogP) is 4.05. The fourth-order valence-corrected chi connectivity index (χ4v) is 5.71. The van der Waals surface area contributed by atoms with Crippen LogP contribution in [0.4, 0.5) is 0 Å². The third-order valence-corrected chi connectivity index (χ3v) is 7.68. The molecule has 0 aliphatic carbocycles. The molecule has 174 valence electrons. The molecule has 4 aromatic rings. The smallest absolute Gasteiger partial charge is 0.262 e. The molecule has 34 heavy (non-hydrogen) atoms. The van der Waals surface area contributed by atoms with Crippen molar-refractivity contribution < 1.29 is 14.3 Å². The molecule has 9 heteroatoms. The van der Waals surface area contributed by atoms with Gasteiger partial charge < -0.3 is 14.4 Å². The summed E-state index contributed by atoms with van der Waals surface area (Å²) in [5, 5.41) is 1.11. The Morgan fingerprint density at radius 3 is 2.71 bits per heavy atom. The van der Waals surface area contributed by atoms with E-state index in [1.165, 1.54) is 27.7 Å². The summed E-state index contributed by atoms with van der Waals surface area (Å²) in [6, 6.07) is 19.3. The molecule has 3 heterocycles. The molecule has 5 rings (SSSR count). The van der Waals surface area contributed by atoms with Crippen LogP contribution in [-0.2, 0) is 11.8 Å². The molecule has 0 saturated heterocycles. The van der Waals surface area contributed by atoms with Crippen LogP contribution in [0.25, 0.3) is 20.7 Å². The first-order chi connectivity index (χ1) is 16.5. The highest BCUT2D eigenvalue weighted by atomic mass is 32.2. The highest BCUT2D eigenvalue weighted by molar-refractivity contribution is 7.99. The van der Waals surface area contributed by atoms with Gasteiger partial charge in [0.25, 0.3) is 5.56 Å². The number of thioether (sulfide) groups is 1. The Kier molecular flexibility index (Phi) is 6.30. The standard InChI is InChI=1S/C25H23N3O4S2/c1-27(13-17-14-31-19-10-6-7-11-20(19)32-17)22(29)15-33-25-26-23-18(24(30)28(25)2)12-21(34-23)16-8-4-3-5-9-16/h3-12,17H,13-15H2,1-2H3. The lowest BCUT2D eigenvalue weighted by molar-refractivity contribution is -0.128. The van der Waals surface area contributed by atoms with Crippen molar-refractivity contribution in [2.45, 2.75) is 11.3 Å². The van der Waals surface area contributed by atoms with Crippen molar-refractivity contribution in [3.63, 3.8) is 0 Å². The largest absolute Gasteiger partial charge is 0.486 e. The van der Waals surface area contributed by atoms with Gasteiger partial charge in [-0.1, -0.05) is 54.2 Å². The zero-order valence-corrected chi connectivity index (χ0v) is 20.4. The number of aromatic nitrogens is 2. The van der Waals surface area contributed by atoms with E-state index in [0.29, 0.717) is 34.3 Å². The van der Waals surface area contributed by atoms with Crippen molar-refractivity contribution in [3.8, 4) is 21.9 Å². The minimum absolute atomic E-state index is 0.0713. The van der Waals surface area contributed by atoms with Gasteiger partial charge in [-0.2, -0.15) is 0 Å². The number of fused-ring (bicyclic) bond motifs is 2. The molecule has 0 saturated carbocycles. The SMILES string of the molecule is CN(CC1COc2ccccc2O1)C(=O)CSc1nc2sc(-c3ccccc3)cc2c(=O)n1C. The Hall–Kier alpha value is -3.30. The van der Waals surface area contributed by atoms with Crippen LogP contribution in [0.15, 0.2) is 70.6 Å². The summed E-state index contributed by atoms with van der Waals surface area (Å²) in [5.74, 6) is 1.50. The second-order valence-electron chi connectivity index (χ2n) is 8.01. The Balaban J connectivity index is 1.25. The van der Waals surface area contributed by atoms with Gasteiger partial charge in [0, 0.05) is 19.0 Å². The maximum Gasteiger partial charge on any atom is 0.262 e. The third kappa shape index (κ3) is 4.53. The molecule has 0 N–H and O–H groups in total. The van der Waals surface area contributed by atoms with E-state index in [9.17, 15) is 9.59 Å². The fourth-order valence-electron chi connectivity index (χ4n) is 3.72. The number of nitrogens with zero attached hydrogens (tertiary/aromatic N) is 3. The molecule has 0 bridgehead atoms. The molecule has 1 amide bonds. The van der Waals surface area contributed by atoms with E-state index in [4.69, 9.17) is 9.47 Å². The summed E-state index contributed by atoms with van der Waals surface area (Å²) >= 11 is 2.75. The van der Waals surface area contributed by atoms with Gasteiger partial charge in [-0.15, -0.1) is 11.3 Å². The normalized spacial score (nSPS) is 14.8. The molecule has 1 aliphatic rings. The summed E-state index contributed by atoms with van der Waals surface area (Å²) in [4.78, 5) is 33.7. The molecule has 1 atom stereocenters. The third-order valence-electron chi connectivity index (χ3n) is 5.59. The molecule has 7 nitrogen and oxygen atoms in total. The zero-order chi connectivity index (χ0) is 23.7. The predicted molar refractivity (Wildman–Crippen MR) is 135 cm³/mol. The van der Waals surface area contributed by atoms with E-state index in [1.54, 1.807) is 19.0 Å². The lowest BCUT2D eigenvalue weighted by Gasteiger charge is -2.29. The zero-order valence-electron chi connectivity index (χ0n) is 18.8. The van der Waals surface area contributed by atoms with E-state index in [2.05, 4.69) is 4.98 Å². The minimum atomic E-state index is -0.241. The number of ether oxygens (including phenoxy) is 2. The van der Waals surface area contributed by atoms with Crippen LogP contribution in [0.5, 0.6) is 11.5 Å². The van der Waals surface area contributed by atoms with Crippen LogP contribution >= 0.6 is 23.1 Å². The number of para-hydroxylation sites is 2. The van der Waals surface area contributed by atoms with Crippen LogP contribution in [-0.4, -0.2) is 52.4 Å². The molecule has 1 unspecified atom stereocenters. The highest BCUT2D eigenvalue weighted by Crippen LogP contribution is 2.32. The van der Waals surface area contributed by atoms with Gasteiger partial charge in [-0.25, -0.2) is 4.98 Å². The Morgan fingerprint density at radius 1 is 1.18 bits per heavy atom. The number of hydrogen-bond acceptors (Lipinski definition) is 7. The quantitative estimate of drug-likeness (QED) is 0.298. The maximum absolute atomic E-state index is 12.9. The van der Waals surface area contributed by atoms with Crippen LogP contribution in [0, 0.1) is 0 Å². The number of amides is 1. The molecule has 2 aromatic heterocycles. The van der Waals surface area contributed by atoms with Crippen molar-refractivity contribution >= 4 is 39.2 Å². The summed E-state index contributed by atoms with van der Waals surface area (Å²) in [6.45, 7) is 0.793.